The summed E-state index contributed by atoms with van der Waals surface area (Å²) in [6, 6.07) is 0. The van der Waals surface area contributed by atoms with Crippen LogP contribution in [-0.2, 0) is 16.6 Å². The standard InChI is InChI=1S/C12H24N4O3S/c1-4-5-16(7-6-14(2)3)20(18,19)12-10-13-15(11-12)8-9-17/h10-11,17H,4-9H2,1-3H3. The zero-order valence-electron chi connectivity index (χ0n) is 12.4. The van der Waals surface area contributed by atoms with Crippen LogP contribution in [0.25, 0.3) is 0 Å². The van der Waals surface area contributed by atoms with Crippen molar-refractivity contribution in [1.29, 1.82) is 0 Å². The van der Waals surface area contributed by atoms with E-state index < -0.39 is 10.0 Å². The number of rotatable bonds is 9. The highest BCUT2D eigenvalue weighted by Gasteiger charge is 2.25. The predicted molar refractivity (Wildman–Crippen MR) is 76.9 cm³/mol. The van der Waals surface area contributed by atoms with Gasteiger partial charge in [0.25, 0.3) is 0 Å². The van der Waals surface area contributed by atoms with Gasteiger partial charge in [-0.2, -0.15) is 9.40 Å². The van der Waals surface area contributed by atoms with Crippen LogP contribution in [0.1, 0.15) is 13.3 Å². The van der Waals surface area contributed by atoms with Gasteiger partial charge < -0.3 is 10.0 Å². The van der Waals surface area contributed by atoms with Crippen LogP contribution in [0.15, 0.2) is 17.3 Å². The van der Waals surface area contributed by atoms with Crippen LogP contribution in [0.3, 0.4) is 0 Å². The van der Waals surface area contributed by atoms with Gasteiger partial charge >= 0.3 is 0 Å². The number of likely N-dealkylation sites (N-methyl/N-ethyl adjacent to an activating group) is 1. The fourth-order valence-corrected chi connectivity index (χ4v) is 3.24. The maximum absolute atomic E-state index is 12.5. The van der Waals surface area contributed by atoms with E-state index in [0.29, 0.717) is 26.2 Å². The molecule has 8 heteroatoms. The summed E-state index contributed by atoms with van der Waals surface area (Å²) in [6.07, 6.45) is 3.56. The SMILES string of the molecule is CCCN(CCN(C)C)S(=O)(=O)c1cnn(CCO)c1. The summed E-state index contributed by atoms with van der Waals surface area (Å²) in [5, 5.41) is 12.8. The van der Waals surface area contributed by atoms with Gasteiger partial charge in [0.05, 0.1) is 19.3 Å². The van der Waals surface area contributed by atoms with E-state index in [0.717, 1.165) is 6.42 Å². The minimum Gasteiger partial charge on any atom is -0.394 e. The number of aliphatic hydroxyl groups is 1. The quantitative estimate of drug-likeness (QED) is 0.686. The minimum absolute atomic E-state index is 0.0690. The summed E-state index contributed by atoms with van der Waals surface area (Å²) >= 11 is 0. The average Bonchev–Trinajstić information content (AvgIpc) is 2.83. The molecule has 20 heavy (non-hydrogen) atoms. The lowest BCUT2D eigenvalue weighted by atomic mass is 10.4. The van der Waals surface area contributed by atoms with Crippen molar-refractivity contribution in [1.82, 2.24) is 19.0 Å². The Hall–Kier alpha value is -0.960. The molecule has 0 amide bonds. The van der Waals surface area contributed by atoms with Gasteiger partial charge in [-0.15, -0.1) is 0 Å². The van der Waals surface area contributed by atoms with Crippen molar-refractivity contribution < 1.29 is 13.5 Å². The number of aliphatic hydroxyl groups excluding tert-OH is 1. The molecule has 0 spiro atoms. The molecule has 0 aromatic carbocycles. The summed E-state index contributed by atoms with van der Waals surface area (Å²) in [6.45, 7) is 3.79. The lowest BCUT2D eigenvalue weighted by molar-refractivity contribution is 0.269. The summed E-state index contributed by atoms with van der Waals surface area (Å²) in [4.78, 5) is 2.13. The molecule has 116 valence electrons. The monoisotopic (exact) mass is 304 g/mol. The van der Waals surface area contributed by atoms with E-state index in [-0.39, 0.29) is 11.5 Å². The molecule has 1 heterocycles. The predicted octanol–water partition coefficient (Wildman–Crippen LogP) is -0.162. The molecule has 0 unspecified atom stereocenters. The summed E-state index contributed by atoms with van der Waals surface area (Å²) in [5.41, 5.74) is 0. The molecular weight excluding hydrogens is 280 g/mol. The Bertz CT molecular complexity index is 499. The Balaban J connectivity index is 2.90. The van der Waals surface area contributed by atoms with E-state index >= 15 is 0 Å². The topological polar surface area (TPSA) is 78.7 Å². The maximum Gasteiger partial charge on any atom is 0.246 e. The Morgan fingerprint density at radius 1 is 1.30 bits per heavy atom. The minimum atomic E-state index is -3.51. The van der Waals surface area contributed by atoms with Crippen molar-refractivity contribution in [2.45, 2.75) is 24.8 Å². The average molecular weight is 304 g/mol. The fourth-order valence-electron chi connectivity index (χ4n) is 1.76. The first kappa shape index (κ1) is 17.1. The Kier molecular flexibility index (Phi) is 6.60. The molecule has 1 aromatic rings. The van der Waals surface area contributed by atoms with Crippen molar-refractivity contribution in [3.05, 3.63) is 12.4 Å². The molecule has 0 bridgehead atoms. The Morgan fingerprint density at radius 2 is 2.00 bits per heavy atom. The van der Waals surface area contributed by atoms with E-state index in [4.69, 9.17) is 5.11 Å². The molecule has 1 aromatic heterocycles. The molecule has 0 radical (unpaired) electrons. The van der Waals surface area contributed by atoms with E-state index in [1.54, 1.807) is 0 Å². The zero-order chi connectivity index (χ0) is 15.2. The molecule has 7 nitrogen and oxygen atoms in total. The molecule has 0 aliphatic rings. The van der Waals surface area contributed by atoms with Crippen LogP contribution in [0.2, 0.25) is 0 Å². The molecule has 0 saturated carbocycles. The van der Waals surface area contributed by atoms with Crippen molar-refractivity contribution in [3.8, 4) is 0 Å². The summed E-state index contributed by atoms with van der Waals surface area (Å²) in [5.74, 6) is 0. The number of sulfonamides is 1. The highest BCUT2D eigenvalue weighted by atomic mass is 32.2. The van der Waals surface area contributed by atoms with Crippen LogP contribution in [-0.4, -0.2) is 72.8 Å². The van der Waals surface area contributed by atoms with Crippen LogP contribution in [0.5, 0.6) is 0 Å². The first-order chi connectivity index (χ1) is 9.41. The molecule has 0 fully saturated rings. The third-order valence-corrected chi connectivity index (χ3v) is 4.70. The smallest absolute Gasteiger partial charge is 0.246 e. The summed E-state index contributed by atoms with van der Waals surface area (Å²) < 4.78 is 28.0. The molecule has 0 saturated heterocycles. The van der Waals surface area contributed by atoms with Crippen molar-refractivity contribution in [3.63, 3.8) is 0 Å². The number of hydrogen-bond acceptors (Lipinski definition) is 5. The molecule has 1 rings (SSSR count). The molecule has 0 aliphatic carbocycles. The van der Waals surface area contributed by atoms with Gasteiger partial charge in [-0.25, -0.2) is 8.42 Å². The molecular formula is C12H24N4O3S. The largest absolute Gasteiger partial charge is 0.394 e. The van der Waals surface area contributed by atoms with Gasteiger partial charge in [-0.1, -0.05) is 6.92 Å². The van der Waals surface area contributed by atoms with E-state index in [9.17, 15) is 8.42 Å². The normalized spacial score (nSPS) is 12.5. The third-order valence-electron chi connectivity index (χ3n) is 2.85. The van der Waals surface area contributed by atoms with Crippen molar-refractivity contribution >= 4 is 10.0 Å². The second-order valence-corrected chi connectivity index (χ2v) is 6.81. The van der Waals surface area contributed by atoms with Gasteiger partial charge in [0.2, 0.25) is 10.0 Å². The molecule has 0 aliphatic heterocycles. The number of hydrogen-bond donors (Lipinski definition) is 1. The van der Waals surface area contributed by atoms with Crippen LogP contribution >= 0.6 is 0 Å². The second kappa shape index (κ2) is 7.72. The highest BCUT2D eigenvalue weighted by Crippen LogP contribution is 2.15. The lowest BCUT2D eigenvalue weighted by Crippen LogP contribution is -2.37. The van der Waals surface area contributed by atoms with Gasteiger partial charge in [0.15, 0.2) is 0 Å². The molecule has 0 atom stereocenters. The second-order valence-electron chi connectivity index (χ2n) is 4.87. The van der Waals surface area contributed by atoms with Crippen LogP contribution in [0, 0.1) is 0 Å². The maximum atomic E-state index is 12.5. The van der Waals surface area contributed by atoms with Crippen molar-refractivity contribution in [2.75, 3.05) is 40.3 Å². The van der Waals surface area contributed by atoms with Gasteiger partial charge in [0, 0.05) is 25.8 Å². The fraction of sp³-hybridized carbons (Fsp3) is 0.750. The van der Waals surface area contributed by atoms with Crippen molar-refractivity contribution in [2.24, 2.45) is 0 Å². The van der Waals surface area contributed by atoms with Gasteiger partial charge in [-0.3, -0.25) is 4.68 Å². The Labute approximate surface area is 120 Å². The van der Waals surface area contributed by atoms with Crippen LogP contribution < -0.4 is 0 Å². The van der Waals surface area contributed by atoms with E-state index in [1.165, 1.54) is 21.4 Å². The zero-order valence-corrected chi connectivity index (χ0v) is 13.2. The Morgan fingerprint density at radius 3 is 2.55 bits per heavy atom. The first-order valence-electron chi connectivity index (χ1n) is 6.70. The number of aromatic nitrogens is 2. The molecule has 1 N–H and O–H groups in total. The lowest BCUT2D eigenvalue weighted by Gasteiger charge is -2.22. The van der Waals surface area contributed by atoms with Crippen LogP contribution in [0.4, 0.5) is 0 Å². The van der Waals surface area contributed by atoms with E-state index in [2.05, 4.69) is 5.10 Å². The van der Waals surface area contributed by atoms with Gasteiger partial charge in [-0.05, 0) is 20.5 Å². The first-order valence-corrected chi connectivity index (χ1v) is 8.14. The third kappa shape index (κ3) is 4.55. The summed E-state index contributed by atoms with van der Waals surface area (Å²) in [7, 11) is 0.311. The van der Waals surface area contributed by atoms with Gasteiger partial charge in [0.1, 0.15) is 4.90 Å². The number of nitrogens with zero attached hydrogens (tertiary/aromatic N) is 4. The van der Waals surface area contributed by atoms with E-state index in [1.807, 2.05) is 25.9 Å². The highest BCUT2D eigenvalue weighted by molar-refractivity contribution is 7.89.